The van der Waals surface area contributed by atoms with Crippen LogP contribution in [0.5, 0.6) is 0 Å². The van der Waals surface area contributed by atoms with Crippen LogP contribution in [0, 0.1) is 5.82 Å². The van der Waals surface area contributed by atoms with Gasteiger partial charge in [-0.2, -0.15) is 5.10 Å². The van der Waals surface area contributed by atoms with Crippen molar-refractivity contribution in [2.75, 3.05) is 4.90 Å². The van der Waals surface area contributed by atoms with Gasteiger partial charge in [-0.25, -0.2) is 9.07 Å². The van der Waals surface area contributed by atoms with Crippen molar-refractivity contribution in [3.8, 4) is 16.8 Å². The van der Waals surface area contributed by atoms with E-state index >= 15 is 0 Å². The SMILES string of the molecule is [B]C([B])([B])N(C(=O)c1c(F)cccc1Cl)c1ccc(-c2cc(C=O)ccc2Cl)cc1-n1cc(Cl)cn1. The molecule has 12 heteroatoms. The van der Waals surface area contributed by atoms with E-state index in [-0.39, 0.29) is 16.4 Å². The summed E-state index contributed by atoms with van der Waals surface area (Å²) in [5.74, 6) is -1.88. The monoisotopic (exact) mass is 531 g/mol. The van der Waals surface area contributed by atoms with Crippen molar-refractivity contribution in [1.82, 2.24) is 9.78 Å². The molecule has 0 aliphatic carbocycles. The standard InChI is InChI=1S/C24H12B3Cl3FN3O2/c25-24(26,27)34(23(36)22-18(30)2-1-3-19(22)31)20-7-5-14(9-21(20)33-11-15(28)10-32-33)16-8-13(12-35)4-6-17(16)29/h1-12H. The average molecular weight is 532 g/mol. The van der Waals surface area contributed by atoms with Crippen LogP contribution in [0.1, 0.15) is 20.7 Å². The number of aldehydes is 1. The number of aromatic nitrogens is 2. The second-order valence-electron chi connectivity index (χ2n) is 7.79. The van der Waals surface area contributed by atoms with Crippen LogP contribution in [0.3, 0.4) is 0 Å². The molecule has 172 valence electrons. The fraction of sp³-hybridized carbons (Fsp3) is 0.0417. The summed E-state index contributed by atoms with van der Waals surface area (Å²) in [6.07, 6.45) is 3.53. The second-order valence-corrected chi connectivity index (χ2v) is 9.04. The molecule has 0 aliphatic heterocycles. The van der Waals surface area contributed by atoms with Crippen LogP contribution in [0.4, 0.5) is 10.1 Å². The third kappa shape index (κ3) is 5.10. The van der Waals surface area contributed by atoms with Gasteiger partial charge < -0.3 is 4.90 Å². The Morgan fingerprint density at radius 3 is 2.39 bits per heavy atom. The minimum absolute atomic E-state index is 0.0676. The Hall–Kier alpha value is -3.00. The Labute approximate surface area is 225 Å². The molecular weight excluding hydrogens is 520 g/mol. The highest BCUT2D eigenvalue weighted by Crippen LogP contribution is 2.37. The molecule has 0 aliphatic rings. The molecular formula is C24H12B3Cl3FN3O2. The zero-order valence-corrected chi connectivity index (χ0v) is 20.6. The Bertz CT molecular complexity index is 1470. The molecule has 5 nitrogen and oxygen atoms in total. The van der Waals surface area contributed by atoms with Crippen molar-refractivity contribution < 1.29 is 14.0 Å². The van der Waals surface area contributed by atoms with E-state index in [1.165, 1.54) is 35.3 Å². The first kappa shape index (κ1) is 26.1. The van der Waals surface area contributed by atoms with Gasteiger partial charge in [0.05, 0.1) is 56.7 Å². The number of hydrogen-bond acceptors (Lipinski definition) is 3. The van der Waals surface area contributed by atoms with E-state index in [9.17, 15) is 14.0 Å². The Balaban J connectivity index is 1.97. The molecule has 0 bridgehead atoms. The molecule has 0 N–H and O–H groups in total. The summed E-state index contributed by atoms with van der Waals surface area (Å²) in [6.45, 7) is 0. The van der Waals surface area contributed by atoms with Crippen LogP contribution in [0.2, 0.25) is 15.1 Å². The number of hydrogen-bond donors (Lipinski definition) is 0. The van der Waals surface area contributed by atoms with Crippen LogP contribution >= 0.6 is 34.8 Å². The summed E-state index contributed by atoms with van der Waals surface area (Å²) < 4.78 is 16.0. The highest BCUT2D eigenvalue weighted by atomic mass is 35.5. The summed E-state index contributed by atoms with van der Waals surface area (Å²) in [6, 6.07) is 13.2. The van der Waals surface area contributed by atoms with Gasteiger partial charge in [0.2, 0.25) is 0 Å². The molecule has 0 saturated heterocycles. The summed E-state index contributed by atoms with van der Waals surface area (Å²) in [4.78, 5) is 25.7. The normalized spacial score (nSPS) is 11.3. The van der Waals surface area contributed by atoms with E-state index < -0.39 is 22.5 Å². The van der Waals surface area contributed by atoms with Crippen molar-refractivity contribution in [2.24, 2.45) is 0 Å². The Morgan fingerprint density at radius 2 is 1.78 bits per heavy atom. The fourth-order valence-electron chi connectivity index (χ4n) is 3.64. The van der Waals surface area contributed by atoms with E-state index in [0.717, 1.165) is 11.0 Å². The van der Waals surface area contributed by atoms with Gasteiger partial charge >= 0.3 is 0 Å². The molecule has 0 spiro atoms. The van der Waals surface area contributed by atoms with Crippen LogP contribution in [0.25, 0.3) is 16.8 Å². The Morgan fingerprint density at radius 1 is 1.03 bits per heavy atom. The zero-order valence-electron chi connectivity index (χ0n) is 18.3. The van der Waals surface area contributed by atoms with Crippen molar-refractivity contribution in [2.45, 2.75) is 5.24 Å². The van der Waals surface area contributed by atoms with Gasteiger partial charge in [-0.05, 0) is 42.0 Å². The van der Waals surface area contributed by atoms with Crippen LogP contribution < -0.4 is 4.90 Å². The quantitative estimate of drug-likeness (QED) is 0.253. The van der Waals surface area contributed by atoms with Crippen LogP contribution in [-0.4, -0.2) is 50.7 Å². The first-order chi connectivity index (χ1) is 17.0. The summed E-state index contributed by atoms with van der Waals surface area (Å²) in [5.41, 5.74) is 1.33. The van der Waals surface area contributed by atoms with Gasteiger partial charge in [0.1, 0.15) is 12.1 Å². The minimum Gasteiger partial charge on any atom is -0.326 e. The molecule has 3 aromatic carbocycles. The molecule has 6 radical (unpaired) electrons. The van der Waals surface area contributed by atoms with Gasteiger partial charge in [-0.15, -0.1) is 0 Å². The molecule has 1 amide bonds. The molecule has 1 aromatic heterocycles. The van der Waals surface area contributed by atoms with E-state index in [1.807, 2.05) is 0 Å². The highest BCUT2D eigenvalue weighted by molar-refractivity contribution is 6.62. The van der Waals surface area contributed by atoms with Crippen molar-refractivity contribution in [3.05, 3.63) is 99.0 Å². The van der Waals surface area contributed by atoms with Crippen LogP contribution in [0.15, 0.2) is 67.0 Å². The maximum Gasteiger partial charge on any atom is 0.261 e. The highest BCUT2D eigenvalue weighted by Gasteiger charge is 2.33. The predicted octanol–water partition coefficient (Wildman–Crippen LogP) is 5.21. The molecule has 4 rings (SSSR count). The summed E-state index contributed by atoms with van der Waals surface area (Å²) >= 11 is 18.6. The van der Waals surface area contributed by atoms with Crippen LogP contribution in [-0.2, 0) is 0 Å². The number of nitrogens with zero attached hydrogens (tertiary/aromatic N) is 3. The lowest BCUT2D eigenvalue weighted by atomic mass is 9.48. The minimum atomic E-state index is -2.29. The molecule has 4 aromatic rings. The number of halogens is 4. The maximum absolute atomic E-state index is 14.7. The fourth-order valence-corrected chi connectivity index (χ4v) is 4.25. The largest absolute Gasteiger partial charge is 0.326 e. The summed E-state index contributed by atoms with van der Waals surface area (Å²) in [7, 11) is 18.0. The lowest BCUT2D eigenvalue weighted by Gasteiger charge is -2.39. The molecule has 0 atom stereocenters. The molecule has 1 heterocycles. The van der Waals surface area contributed by atoms with Crippen molar-refractivity contribution >= 4 is 76.2 Å². The number of carbonyl (C=O) groups excluding carboxylic acids is 2. The van der Waals surface area contributed by atoms with E-state index in [4.69, 9.17) is 58.3 Å². The molecule has 0 unspecified atom stereocenters. The van der Waals surface area contributed by atoms with Crippen molar-refractivity contribution in [3.63, 3.8) is 0 Å². The topological polar surface area (TPSA) is 55.2 Å². The third-order valence-electron chi connectivity index (χ3n) is 5.22. The number of amides is 1. The number of rotatable bonds is 6. The van der Waals surface area contributed by atoms with Gasteiger partial charge in [0, 0.05) is 22.3 Å². The van der Waals surface area contributed by atoms with Gasteiger partial charge in [-0.3, -0.25) is 9.59 Å². The van der Waals surface area contributed by atoms with Crippen molar-refractivity contribution in [1.29, 1.82) is 0 Å². The predicted molar refractivity (Wildman–Crippen MR) is 143 cm³/mol. The van der Waals surface area contributed by atoms with Gasteiger partial charge in [-0.1, -0.05) is 58.2 Å². The molecule has 0 saturated carbocycles. The molecule has 36 heavy (non-hydrogen) atoms. The number of benzene rings is 3. The Kier molecular flexibility index (Phi) is 7.37. The summed E-state index contributed by atoms with van der Waals surface area (Å²) in [5, 5.41) is 2.42. The zero-order chi connectivity index (χ0) is 26.2. The first-order valence-corrected chi connectivity index (χ1v) is 11.4. The number of carbonyl (C=O) groups is 2. The second kappa shape index (κ2) is 10.2. The maximum atomic E-state index is 14.7. The van der Waals surface area contributed by atoms with E-state index in [2.05, 4.69) is 5.10 Å². The molecule has 0 fully saturated rings. The van der Waals surface area contributed by atoms with Gasteiger partial charge in [0.15, 0.2) is 0 Å². The first-order valence-electron chi connectivity index (χ1n) is 10.3. The van der Waals surface area contributed by atoms with E-state index in [0.29, 0.717) is 33.0 Å². The smallest absolute Gasteiger partial charge is 0.261 e. The third-order valence-corrected chi connectivity index (χ3v) is 6.06. The van der Waals surface area contributed by atoms with E-state index in [1.54, 1.807) is 30.3 Å². The lowest BCUT2D eigenvalue weighted by Crippen LogP contribution is -2.54. The number of anilines is 1. The average Bonchev–Trinajstić information content (AvgIpc) is 3.25. The lowest BCUT2D eigenvalue weighted by molar-refractivity contribution is 0.0982. The van der Waals surface area contributed by atoms with Gasteiger partial charge in [0.25, 0.3) is 5.91 Å².